The van der Waals surface area contributed by atoms with Crippen molar-refractivity contribution >= 4 is 11.8 Å². The van der Waals surface area contributed by atoms with E-state index in [4.69, 9.17) is 5.73 Å². The van der Waals surface area contributed by atoms with Crippen LogP contribution in [-0.4, -0.2) is 17.9 Å². The summed E-state index contributed by atoms with van der Waals surface area (Å²) >= 11 is 0. The van der Waals surface area contributed by atoms with Crippen molar-refractivity contribution in [3.63, 3.8) is 0 Å². The Hall–Kier alpha value is -3.40. The smallest absolute Gasteiger partial charge is 0.251 e. The fourth-order valence-corrected chi connectivity index (χ4v) is 2.97. The minimum Gasteiger partial charge on any atom is -0.368 e. The molecular weight excluding hydrogens is 336 g/mol. The van der Waals surface area contributed by atoms with Crippen molar-refractivity contribution < 1.29 is 9.59 Å². The maximum atomic E-state index is 12.6. The Morgan fingerprint density at radius 2 is 1.44 bits per heavy atom. The lowest BCUT2D eigenvalue weighted by atomic mass is 10.00. The summed E-state index contributed by atoms with van der Waals surface area (Å²) in [5.41, 5.74) is 10.2. The summed E-state index contributed by atoms with van der Waals surface area (Å²) in [5, 5.41) is 2.75. The maximum absolute atomic E-state index is 12.6. The van der Waals surface area contributed by atoms with E-state index in [0.29, 0.717) is 12.0 Å². The largest absolute Gasteiger partial charge is 0.368 e. The lowest BCUT2D eigenvalue weighted by Gasteiger charge is -2.17. The number of primary amides is 1. The molecule has 3 rings (SSSR count). The third kappa shape index (κ3) is 4.61. The molecule has 0 spiro atoms. The van der Waals surface area contributed by atoms with Gasteiger partial charge in [-0.25, -0.2) is 0 Å². The molecule has 1 atom stereocenters. The van der Waals surface area contributed by atoms with Crippen molar-refractivity contribution in [2.75, 3.05) is 0 Å². The molecule has 0 aliphatic carbocycles. The summed E-state index contributed by atoms with van der Waals surface area (Å²) in [7, 11) is 0. The van der Waals surface area contributed by atoms with Crippen LogP contribution in [0, 0.1) is 6.92 Å². The molecule has 0 fully saturated rings. The van der Waals surface area contributed by atoms with Gasteiger partial charge in [0.15, 0.2) is 0 Å². The van der Waals surface area contributed by atoms with E-state index in [9.17, 15) is 9.59 Å². The number of nitrogens with two attached hydrogens (primary N) is 1. The van der Waals surface area contributed by atoms with Gasteiger partial charge in [0, 0.05) is 12.0 Å². The molecule has 2 amide bonds. The standard InChI is InChI=1S/C23H22N2O2/c1-16-7-5-6-10-20(16)15-21(22(24)26)25-23(27)19-13-11-18(12-14-19)17-8-3-2-4-9-17/h2-14,21H,15H2,1H3,(H2,24,26)(H,25,27)/t21-/m1/s1. The lowest BCUT2D eigenvalue weighted by Crippen LogP contribution is -2.45. The lowest BCUT2D eigenvalue weighted by molar-refractivity contribution is -0.119. The minimum atomic E-state index is -0.757. The van der Waals surface area contributed by atoms with Crippen LogP contribution in [-0.2, 0) is 11.2 Å². The van der Waals surface area contributed by atoms with E-state index >= 15 is 0 Å². The van der Waals surface area contributed by atoms with Crippen LogP contribution in [0.3, 0.4) is 0 Å². The summed E-state index contributed by atoms with van der Waals surface area (Å²) in [4.78, 5) is 24.4. The molecule has 27 heavy (non-hydrogen) atoms. The molecule has 0 heterocycles. The van der Waals surface area contributed by atoms with Gasteiger partial charge >= 0.3 is 0 Å². The van der Waals surface area contributed by atoms with Crippen molar-refractivity contribution in [2.45, 2.75) is 19.4 Å². The number of hydrogen-bond acceptors (Lipinski definition) is 2. The van der Waals surface area contributed by atoms with E-state index in [-0.39, 0.29) is 5.91 Å². The van der Waals surface area contributed by atoms with Gasteiger partial charge in [-0.15, -0.1) is 0 Å². The van der Waals surface area contributed by atoms with E-state index in [2.05, 4.69) is 5.32 Å². The normalized spacial score (nSPS) is 11.6. The van der Waals surface area contributed by atoms with E-state index in [1.54, 1.807) is 12.1 Å². The van der Waals surface area contributed by atoms with Crippen LogP contribution in [0.4, 0.5) is 0 Å². The Morgan fingerprint density at radius 3 is 2.07 bits per heavy atom. The Bertz CT molecular complexity index is 934. The van der Waals surface area contributed by atoms with Crippen LogP contribution in [0.5, 0.6) is 0 Å². The fraction of sp³-hybridized carbons (Fsp3) is 0.130. The molecular formula is C23H22N2O2. The highest BCUT2D eigenvalue weighted by atomic mass is 16.2. The van der Waals surface area contributed by atoms with Crippen LogP contribution in [0.25, 0.3) is 11.1 Å². The molecule has 0 aromatic heterocycles. The van der Waals surface area contributed by atoms with Gasteiger partial charge in [-0.05, 0) is 41.3 Å². The van der Waals surface area contributed by atoms with Gasteiger partial charge in [-0.1, -0.05) is 66.7 Å². The molecule has 0 saturated heterocycles. The topological polar surface area (TPSA) is 72.2 Å². The molecule has 0 saturated carbocycles. The van der Waals surface area contributed by atoms with Crippen molar-refractivity contribution in [1.82, 2.24) is 5.32 Å². The van der Waals surface area contributed by atoms with Crippen LogP contribution in [0.15, 0.2) is 78.9 Å². The highest BCUT2D eigenvalue weighted by molar-refractivity contribution is 5.97. The van der Waals surface area contributed by atoms with E-state index in [1.807, 2.05) is 73.7 Å². The first-order chi connectivity index (χ1) is 13.0. The Labute approximate surface area is 159 Å². The zero-order valence-electron chi connectivity index (χ0n) is 15.2. The Balaban J connectivity index is 1.72. The number of rotatable bonds is 6. The molecule has 0 aliphatic rings. The Kier molecular flexibility index (Phi) is 5.67. The molecule has 0 aliphatic heterocycles. The first kappa shape index (κ1) is 18.4. The SMILES string of the molecule is Cc1ccccc1C[C@@H](NC(=O)c1ccc(-c2ccccc2)cc1)C(N)=O. The zero-order chi connectivity index (χ0) is 19.2. The molecule has 3 N–H and O–H groups in total. The van der Waals surface area contributed by atoms with Gasteiger partial charge in [0.05, 0.1) is 0 Å². The zero-order valence-corrected chi connectivity index (χ0v) is 15.2. The molecule has 0 unspecified atom stereocenters. The Morgan fingerprint density at radius 1 is 0.852 bits per heavy atom. The number of hydrogen-bond donors (Lipinski definition) is 2. The number of nitrogens with one attached hydrogen (secondary N) is 1. The van der Waals surface area contributed by atoms with Crippen molar-refractivity contribution in [3.8, 4) is 11.1 Å². The quantitative estimate of drug-likeness (QED) is 0.708. The highest BCUT2D eigenvalue weighted by Gasteiger charge is 2.20. The third-order valence-corrected chi connectivity index (χ3v) is 4.59. The van der Waals surface area contributed by atoms with E-state index in [1.165, 1.54) is 0 Å². The van der Waals surface area contributed by atoms with E-state index < -0.39 is 11.9 Å². The predicted molar refractivity (Wildman–Crippen MR) is 107 cm³/mol. The van der Waals surface area contributed by atoms with Gasteiger partial charge in [0.1, 0.15) is 6.04 Å². The van der Waals surface area contributed by atoms with Crippen molar-refractivity contribution in [1.29, 1.82) is 0 Å². The van der Waals surface area contributed by atoms with Crippen LogP contribution >= 0.6 is 0 Å². The van der Waals surface area contributed by atoms with Crippen molar-refractivity contribution in [2.24, 2.45) is 5.73 Å². The summed E-state index contributed by atoms with van der Waals surface area (Å²) in [6, 6.07) is 24.2. The summed E-state index contributed by atoms with van der Waals surface area (Å²) in [5.74, 6) is -0.862. The number of carbonyl (C=O) groups is 2. The monoisotopic (exact) mass is 358 g/mol. The summed E-state index contributed by atoms with van der Waals surface area (Å²) in [6.45, 7) is 1.97. The number of aryl methyl sites for hydroxylation is 1. The minimum absolute atomic E-state index is 0.313. The molecule has 3 aromatic rings. The number of benzene rings is 3. The predicted octanol–water partition coefficient (Wildman–Crippen LogP) is 3.49. The second kappa shape index (κ2) is 8.32. The van der Waals surface area contributed by atoms with Gasteiger partial charge in [-0.2, -0.15) is 0 Å². The molecule has 4 heteroatoms. The number of carbonyl (C=O) groups excluding carboxylic acids is 2. The average molecular weight is 358 g/mol. The van der Waals surface area contributed by atoms with Crippen LogP contribution < -0.4 is 11.1 Å². The van der Waals surface area contributed by atoms with Gasteiger partial charge in [0.2, 0.25) is 5.91 Å². The fourth-order valence-electron chi connectivity index (χ4n) is 2.97. The summed E-state index contributed by atoms with van der Waals surface area (Å²) < 4.78 is 0. The van der Waals surface area contributed by atoms with Gasteiger partial charge in [0.25, 0.3) is 5.91 Å². The molecule has 3 aromatic carbocycles. The molecule has 0 bridgehead atoms. The molecule has 0 radical (unpaired) electrons. The first-order valence-corrected chi connectivity index (χ1v) is 8.85. The van der Waals surface area contributed by atoms with Crippen LogP contribution in [0.2, 0.25) is 0 Å². The van der Waals surface area contributed by atoms with Gasteiger partial charge < -0.3 is 11.1 Å². The van der Waals surface area contributed by atoms with E-state index in [0.717, 1.165) is 22.3 Å². The average Bonchev–Trinajstić information content (AvgIpc) is 2.69. The van der Waals surface area contributed by atoms with Crippen LogP contribution in [0.1, 0.15) is 21.5 Å². The molecule has 4 nitrogen and oxygen atoms in total. The second-order valence-corrected chi connectivity index (χ2v) is 6.50. The third-order valence-electron chi connectivity index (χ3n) is 4.59. The van der Waals surface area contributed by atoms with Gasteiger partial charge in [-0.3, -0.25) is 9.59 Å². The first-order valence-electron chi connectivity index (χ1n) is 8.85. The number of amides is 2. The second-order valence-electron chi connectivity index (χ2n) is 6.50. The highest BCUT2D eigenvalue weighted by Crippen LogP contribution is 2.19. The molecule has 136 valence electrons. The summed E-state index contributed by atoms with van der Waals surface area (Å²) in [6.07, 6.45) is 0.371. The maximum Gasteiger partial charge on any atom is 0.251 e. The van der Waals surface area contributed by atoms with Crippen molar-refractivity contribution in [3.05, 3.63) is 95.6 Å².